The van der Waals surface area contributed by atoms with Crippen LogP contribution in [0.4, 0.5) is 0 Å². The zero-order valence-corrected chi connectivity index (χ0v) is 12.4. The molecule has 1 fully saturated rings. The minimum Gasteiger partial charge on any atom is -0.302 e. The molecule has 5 nitrogen and oxygen atoms in total. The number of nitriles is 1. The van der Waals surface area contributed by atoms with Crippen LogP contribution in [0.5, 0.6) is 0 Å². The van der Waals surface area contributed by atoms with E-state index in [0.717, 1.165) is 32.5 Å². The number of nitrogens with zero attached hydrogens (tertiary/aromatic N) is 2. The van der Waals surface area contributed by atoms with Crippen molar-refractivity contribution in [2.75, 3.05) is 19.6 Å². The molecule has 1 N–H and O–H groups in total. The Bertz CT molecular complexity index is 590. The van der Waals surface area contributed by atoms with Gasteiger partial charge in [-0.3, -0.25) is 0 Å². The molecule has 0 aliphatic carbocycles. The summed E-state index contributed by atoms with van der Waals surface area (Å²) < 4.78 is 27.3. The summed E-state index contributed by atoms with van der Waals surface area (Å²) in [7, 11) is -3.50. The van der Waals surface area contributed by atoms with Crippen molar-refractivity contribution in [2.45, 2.75) is 30.7 Å². The lowest BCUT2D eigenvalue weighted by molar-refractivity contribution is 0.211. The first-order valence-electron chi connectivity index (χ1n) is 6.80. The van der Waals surface area contributed by atoms with Crippen LogP contribution in [0.15, 0.2) is 29.2 Å². The Labute approximate surface area is 120 Å². The van der Waals surface area contributed by atoms with Crippen molar-refractivity contribution in [3.8, 4) is 6.07 Å². The molecular weight excluding hydrogens is 274 g/mol. The number of piperidine rings is 1. The smallest absolute Gasteiger partial charge is 0.240 e. The van der Waals surface area contributed by atoms with E-state index in [9.17, 15) is 8.42 Å². The van der Waals surface area contributed by atoms with Crippen LogP contribution in [0.3, 0.4) is 0 Å². The van der Waals surface area contributed by atoms with Gasteiger partial charge in [-0.25, -0.2) is 13.1 Å². The normalized spacial score (nSPS) is 20.5. The molecule has 1 unspecified atom stereocenters. The van der Waals surface area contributed by atoms with Crippen LogP contribution in [0.1, 0.15) is 25.3 Å². The minimum atomic E-state index is -3.50. The van der Waals surface area contributed by atoms with Crippen molar-refractivity contribution in [3.05, 3.63) is 29.8 Å². The number of sulfonamides is 1. The average molecular weight is 293 g/mol. The van der Waals surface area contributed by atoms with Gasteiger partial charge in [0, 0.05) is 12.6 Å². The number of likely N-dealkylation sites (N-methyl/N-ethyl adjacent to an activating group) is 1. The summed E-state index contributed by atoms with van der Waals surface area (Å²) in [4.78, 5) is 2.46. The summed E-state index contributed by atoms with van der Waals surface area (Å²) >= 11 is 0. The Morgan fingerprint density at radius 2 is 2.10 bits per heavy atom. The van der Waals surface area contributed by atoms with E-state index in [1.54, 1.807) is 0 Å². The molecule has 0 aromatic heterocycles. The van der Waals surface area contributed by atoms with Crippen molar-refractivity contribution in [3.63, 3.8) is 0 Å². The second kappa shape index (κ2) is 6.35. The maximum absolute atomic E-state index is 12.3. The lowest BCUT2D eigenvalue weighted by atomic mass is 10.1. The largest absolute Gasteiger partial charge is 0.302 e. The van der Waals surface area contributed by atoms with E-state index in [-0.39, 0.29) is 10.9 Å². The molecule has 6 heteroatoms. The molecule has 1 aliphatic rings. The van der Waals surface area contributed by atoms with E-state index in [1.807, 2.05) is 6.07 Å². The number of benzene rings is 1. The second-order valence-corrected chi connectivity index (χ2v) is 6.70. The van der Waals surface area contributed by atoms with E-state index in [0.29, 0.717) is 5.56 Å². The van der Waals surface area contributed by atoms with E-state index < -0.39 is 10.0 Å². The first kappa shape index (κ1) is 15.0. The molecule has 0 bridgehead atoms. The van der Waals surface area contributed by atoms with Gasteiger partial charge in [0.1, 0.15) is 0 Å². The van der Waals surface area contributed by atoms with Crippen LogP contribution in [0, 0.1) is 11.3 Å². The third-order valence-electron chi connectivity index (χ3n) is 3.57. The summed E-state index contributed by atoms with van der Waals surface area (Å²) in [6.45, 7) is 4.81. The van der Waals surface area contributed by atoms with Gasteiger partial charge in [0.05, 0.1) is 16.5 Å². The number of hydrogen-bond acceptors (Lipinski definition) is 4. The molecule has 0 spiro atoms. The highest BCUT2D eigenvalue weighted by atomic mass is 32.2. The van der Waals surface area contributed by atoms with Crippen LogP contribution in [0.2, 0.25) is 0 Å². The van der Waals surface area contributed by atoms with Crippen molar-refractivity contribution < 1.29 is 8.42 Å². The summed E-state index contributed by atoms with van der Waals surface area (Å²) in [6, 6.07) is 7.93. The molecule has 0 radical (unpaired) electrons. The van der Waals surface area contributed by atoms with Gasteiger partial charge in [0.2, 0.25) is 10.0 Å². The first-order chi connectivity index (χ1) is 9.55. The maximum atomic E-state index is 12.3. The monoisotopic (exact) mass is 293 g/mol. The standard InChI is InChI=1S/C14H19N3O2S/c1-2-17-9-3-4-13(11-17)16-20(18,19)14-7-5-12(10-15)6-8-14/h5-8,13,16H,2-4,9,11H2,1H3. The fourth-order valence-electron chi connectivity index (χ4n) is 2.44. The van der Waals surface area contributed by atoms with Gasteiger partial charge in [0.15, 0.2) is 0 Å². The predicted molar refractivity (Wildman–Crippen MR) is 76.6 cm³/mol. The summed E-state index contributed by atoms with van der Waals surface area (Å²) in [5.41, 5.74) is 0.457. The summed E-state index contributed by atoms with van der Waals surface area (Å²) in [6.07, 6.45) is 1.88. The number of rotatable bonds is 4. The minimum absolute atomic E-state index is 0.0376. The Balaban J connectivity index is 2.08. The molecule has 0 amide bonds. The molecule has 1 aromatic carbocycles. The molecule has 2 rings (SSSR count). The molecule has 0 saturated carbocycles. The second-order valence-electron chi connectivity index (χ2n) is 4.99. The Morgan fingerprint density at radius 1 is 1.40 bits per heavy atom. The zero-order chi connectivity index (χ0) is 14.6. The average Bonchev–Trinajstić information content (AvgIpc) is 2.47. The Morgan fingerprint density at radius 3 is 2.70 bits per heavy atom. The van der Waals surface area contributed by atoms with Crippen LogP contribution in [0.25, 0.3) is 0 Å². The van der Waals surface area contributed by atoms with Crippen molar-refractivity contribution in [1.29, 1.82) is 5.26 Å². The van der Waals surface area contributed by atoms with Crippen molar-refractivity contribution in [1.82, 2.24) is 9.62 Å². The van der Waals surface area contributed by atoms with Crippen molar-refractivity contribution in [2.24, 2.45) is 0 Å². The quantitative estimate of drug-likeness (QED) is 0.908. The van der Waals surface area contributed by atoms with Crippen LogP contribution in [-0.4, -0.2) is 39.0 Å². The van der Waals surface area contributed by atoms with E-state index >= 15 is 0 Å². The molecule has 1 aromatic rings. The molecule has 108 valence electrons. The maximum Gasteiger partial charge on any atom is 0.240 e. The number of nitrogens with one attached hydrogen (secondary N) is 1. The van der Waals surface area contributed by atoms with Gasteiger partial charge in [0.25, 0.3) is 0 Å². The molecule has 1 atom stereocenters. The van der Waals surface area contributed by atoms with Crippen LogP contribution < -0.4 is 4.72 Å². The van der Waals surface area contributed by atoms with Crippen molar-refractivity contribution >= 4 is 10.0 Å². The molecule has 20 heavy (non-hydrogen) atoms. The van der Waals surface area contributed by atoms with Crippen LogP contribution in [-0.2, 0) is 10.0 Å². The van der Waals surface area contributed by atoms with E-state index in [1.165, 1.54) is 24.3 Å². The number of hydrogen-bond donors (Lipinski definition) is 1. The first-order valence-corrected chi connectivity index (χ1v) is 8.28. The molecule has 1 heterocycles. The van der Waals surface area contributed by atoms with Crippen LogP contribution >= 0.6 is 0 Å². The fraction of sp³-hybridized carbons (Fsp3) is 0.500. The third-order valence-corrected chi connectivity index (χ3v) is 5.10. The molecule has 1 aliphatic heterocycles. The van der Waals surface area contributed by atoms with Gasteiger partial charge in [-0.15, -0.1) is 0 Å². The predicted octanol–water partition coefficient (Wildman–Crippen LogP) is 1.32. The Kier molecular flexibility index (Phi) is 4.76. The molecular formula is C14H19N3O2S. The summed E-state index contributed by atoms with van der Waals surface area (Å²) in [5.74, 6) is 0. The van der Waals surface area contributed by atoms with Gasteiger partial charge in [-0.1, -0.05) is 6.92 Å². The van der Waals surface area contributed by atoms with E-state index in [2.05, 4.69) is 16.5 Å². The van der Waals surface area contributed by atoms with Gasteiger partial charge < -0.3 is 4.90 Å². The molecule has 1 saturated heterocycles. The highest BCUT2D eigenvalue weighted by Gasteiger charge is 2.24. The highest BCUT2D eigenvalue weighted by Crippen LogP contribution is 2.15. The third kappa shape index (κ3) is 3.57. The lowest BCUT2D eigenvalue weighted by Crippen LogP contribution is -2.47. The lowest BCUT2D eigenvalue weighted by Gasteiger charge is -2.32. The van der Waals surface area contributed by atoms with Gasteiger partial charge in [-0.2, -0.15) is 5.26 Å². The summed E-state index contributed by atoms with van der Waals surface area (Å²) in [5, 5.41) is 8.73. The van der Waals surface area contributed by atoms with E-state index in [4.69, 9.17) is 5.26 Å². The zero-order valence-electron chi connectivity index (χ0n) is 11.5. The van der Waals surface area contributed by atoms with Gasteiger partial charge >= 0.3 is 0 Å². The number of likely N-dealkylation sites (tertiary alicyclic amines) is 1. The topological polar surface area (TPSA) is 73.2 Å². The Hall–Kier alpha value is -1.42. The SMILES string of the molecule is CCN1CCCC(NS(=O)(=O)c2ccc(C#N)cc2)C1. The highest BCUT2D eigenvalue weighted by molar-refractivity contribution is 7.89. The fourth-order valence-corrected chi connectivity index (χ4v) is 3.70. The van der Waals surface area contributed by atoms with Gasteiger partial charge in [-0.05, 0) is 50.2 Å².